The van der Waals surface area contributed by atoms with E-state index < -0.39 is 12.0 Å². The molecule has 4 nitrogen and oxygen atoms in total. The second-order valence-corrected chi connectivity index (χ2v) is 2.68. The third-order valence-corrected chi connectivity index (χ3v) is 1.73. The third kappa shape index (κ3) is 2.74. The Balaban J connectivity index is 2.62. The van der Waals surface area contributed by atoms with E-state index in [-0.39, 0.29) is 0 Å². The number of nitrogens with zero attached hydrogens (tertiary/aromatic N) is 1. The number of hydrogen-bond donors (Lipinski definition) is 2. The largest absolute Gasteiger partial charge is 0.480 e. The van der Waals surface area contributed by atoms with Gasteiger partial charge in [0.1, 0.15) is 6.04 Å². The first kappa shape index (κ1) is 9.51. The van der Waals surface area contributed by atoms with E-state index in [1.807, 2.05) is 6.92 Å². The quantitative estimate of drug-likeness (QED) is 0.734. The maximum atomic E-state index is 10.7. The van der Waals surface area contributed by atoms with Gasteiger partial charge in [-0.15, -0.1) is 0 Å². The van der Waals surface area contributed by atoms with Crippen molar-refractivity contribution < 1.29 is 9.90 Å². The number of carbonyl (C=O) groups is 1. The van der Waals surface area contributed by atoms with Crippen molar-refractivity contribution in [3.8, 4) is 0 Å². The van der Waals surface area contributed by atoms with Gasteiger partial charge in [0.15, 0.2) is 0 Å². The Morgan fingerprint density at radius 3 is 2.69 bits per heavy atom. The smallest absolute Gasteiger partial charge is 0.326 e. The Labute approximate surface area is 76.6 Å². The van der Waals surface area contributed by atoms with Gasteiger partial charge in [-0.1, -0.05) is 6.92 Å². The Bertz CT molecular complexity index is 274. The average Bonchev–Trinajstić information content (AvgIpc) is 2.15. The summed E-state index contributed by atoms with van der Waals surface area (Å²) in [5.74, 6) is -0.834. The van der Waals surface area contributed by atoms with Crippen molar-refractivity contribution in [2.45, 2.75) is 19.4 Å². The first-order chi connectivity index (χ1) is 6.24. The molecule has 1 rings (SSSR count). The standard InChI is InChI=1S/C9H12N2O2/c1-2-8(9(12)13)11-7-3-5-10-6-4-7/h3-6,8H,2H2,1H3,(H,10,11)(H,12,13)/t8-/m0/s1. The second-order valence-electron chi connectivity index (χ2n) is 2.68. The van der Waals surface area contributed by atoms with E-state index >= 15 is 0 Å². The molecule has 2 N–H and O–H groups in total. The van der Waals surface area contributed by atoms with Gasteiger partial charge in [-0.05, 0) is 18.6 Å². The molecule has 1 atom stereocenters. The van der Waals surface area contributed by atoms with Gasteiger partial charge < -0.3 is 10.4 Å². The number of aliphatic carboxylic acids is 1. The van der Waals surface area contributed by atoms with Crippen LogP contribution in [0.15, 0.2) is 24.5 Å². The lowest BCUT2D eigenvalue weighted by Crippen LogP contribution is -2.28. The van der Waals surface area contributed by atoms with E-state index in [0.717, 1.165) is 5.69 Å². The minimum absolute atomic E-state index is 0.526. The molecule has 1 aromatic rings. The molecule has 0 radical (unpaired) electrons. The predicted octanol–water partition coefficient (Wildman–Crippen LogP) is 1.36. The molecule has 13 heavy (non-hydrogen) atoms. The van der Waals surface area contributed by atoms with E-state index in [1.54, 1.807) is 24.5 Å². The van der Waals surface area contributed by atoms with Crippen molar-refractivity contribution in [3.63, 3.8) is 0 Å². The molecule has 1 heterocycles. The average molecular weight is 180 g/mol. The Hall–Kier alpha value is -1.58. The van der Waals surface area contributed by atoms with Crippen LogP contribution in [-0.4, -0.2) is 22.1 Å². The molecule has 0 unspecified atom stereocenters. The number of rotatable bonds is 4. The predicted molar refractivity (Wildman–Crippen MR) is 49.6 cm³/mol. The molecular weight excluding hydrogens is 168 g/mol. The highest BCUT2D eigenvalue weighted by molar-refractivity contribution is 5.77. The number of nitrogens with one attached hydrogen (secondary N) is 1. The van der Waals surface area contributed by atoms with Crippen LogP contribution in [0, 0.1) is 0 Å². The summed E-state index contributed by atoms with van der Waals surface area (Å²) in [5.41, 5.74) is 0.782. The molecule has 0 aliphatic carbocycles. The maximum absolute atomic E-state index is 10.7. The second kappa shape index (κ2) is 4.45. The molecule has 0 bridgehead atoms. The fourth-order valence-electron chi connectivity index (χ4n) is 0.988. The molecular formula is C9H12N2O2. The van der Waals surface area contributed by atoms with Crippen molar-refractivity contribution in [2.24, 2.45) is 0 Å². The van der Waals surface area contributed by atoms with Gasteiger partial charge in [-0.2, -0.15) is 0 Å². The minimum Gasteiger partial charge on any atom is -0.480 e. The van der Waals surface area contributed by atoms with Gasteiger partial charge in [-0.25, -0.2) is 4.79 Å². The van der Waals surface area contributed by atoms with Crippen molar-refractivity contribution in [1.82, 2.24) is 4.98 Å². The highest BCUT2D eigenvalue weighted by Gasteiger charge is 2.13. The maximum Gasteiger partial charge on any atom is 0.326 e. The van der Waals surface area contributed by atoms with E-state index in [1.165, 1.54) is 0 Å². The summed E-state index contributed by atoms with van der Waals surface area (Å²) in [4.78, 5) is 14.5. The third-order valence-electron chi connectivity index (χ3n) is 1.73. The first-order valence-electron chi connectivity index (χ1n) is 4.13. The summed E-state index contributed by atoms with van der Waals surface area (Å²) in [6, 6.07) is 2.96. The van der Waals surface area contributed by atoms with Crippen molar-refractivity contribution >= 4 is 11.7 Å². The molecule has 4 heteroatoms. The highest BCUT2D eigenvalue weighted by Crippen LogP contribution is 2.07. The van der Waals surface area contributed by atoms with Crippen LogP contribution < -0.4 is 5.32 Å². The van der Waals surface area contributed by atoms with Crippen molar-refractivity contribution in [2.75, 3.05) is 5.32 Å². The van der Waals surface area contributed by atoms with E-state index in [9.17, 15) is 4.79 Å². The number of carboxylic acids is 1. The van der Waals surface area contributed by atoms with E-state index in [0.29, 0.717) is 6.42 Å². The lowest BCUT2D eigenvalue weighted by molar-refractivity contribution is -0.137. The van der Waals surface area contributed by atoms with Crippen LogP contribution in [0.25, 0.3) is 0 Å². The zero-order valence-corrected chi connectivity index (χ0v) is 7.40. The number of aromatic nitrogens is 1. The van der Waals surface area contributed by atoms with Crippen LogP contribution >= 0.6 is 0 Å². The van der Waals surface area contributed by atoms with E-state index in [4.69, 9.17) is 5.11 Å². The zero-order valence-electron chi connectivity index (χ0n) is 7.40. The van der Waals surface area contributed by atoms with Gasteiger partial charge in [0.2, 0.25) is 0 Å². The van der Waals surface area contributed by atoms with Crippen LogP contribution in [0.5, 0.6) is 0 Å². The van der Waals surface area contributed by atoms with Gasteiger partial charge in [0.05, 0.1) is 0 Å². The van der Waals surface area contributed by atoms with Gasteiger partial charge in [-0.3, -0.25) is 4.98 Å². The number of carboxylic acid groups (broad SMARTS) is 1. The summed E-state index contributed by atoms with van der Waals surface area (Å²) in [6.45, 7) is 1.83. The van der Waals surface area contributed by atoms with Gasteiger partial charge >= 0.3 is 5.97 Å². The van der Waals surface area contributed by atoms with Crippen LogP contribution in [-0.2, 0) is 4.79 Å². The summed E-state index contributed by atoms with van der Waals surface area (Å²) >= 11 is 0. The zero-order chi connectivity index (χ0) is 9.68. The lowest BCUT2D eigenvalue weighted by Gasteiger charge is -2.12. The Kier molecular flexibility index (Phi) is 3.25. The molecule has 0 saturated carbocycles. The summed E-state index contributed by atoms with van der Waals surface area (Å²) in [6.07, 6.45) is 3.80. The van der Waals surface area contributed by atoms with Crippen LogP contribution in [0.2, 0.25) is 0 Å². The molecule has 0 aliphatic heterocycles. The molecule has 0 aromatic carbocycles. The van der Waals surface area contributed by atoms with Crippen LogP contribution in [0.4, 0.5) is 5.69 Å². The molecule has 0 fully saturated rings. The van der Waals surface area contributed by atoms with Crippen LogP contribution in [0.3, 0.4) is 0 Å². The summed E-state index contributed by atoms with van der Waals surface area (Å²) in [5, 5.41) is 11.6. The molecule has 0 saturated heterocycles. The fraction of sp³-hybridized carbons (Fsp3) is 0.333. The Morgan fingerprint density at radius 2 is 2.23 bits per heavy atom. The Morgan fingerprint density at radius 1 is 1.62 bits per heavy atom. The van der Waals surface area contributed by atoms with Gasteiger partial charge in [0.25, 0.3) is 0 Å². The van der Waals surface area contributed by atoms with Crippen molar-refractivity contribution in [3.05, 3.63) is 24.5 Å². The molecule has 70 valence electrons. The fourth-order valence-corrected chi connectivity index (χ4v) is 0.988. The summed E-state index contributed by atoms with van der Waals surface area (Å²) in [7, 11) is 0. The monoisotopic (exact) mass is 180 g/mol. The molecule has 1 aromatic heterocycles. The normalized spacial score (nSPS) is 12.1. The number of hydrogen-bond acceptors (Lipinski definition) is 3. The number of pyridine rings is 1. The number of anilines is 1. The van der Waals surface area contributed by atoms with Crippen molar-refractivity contribution in [1.29, 1.82) is 0 Å². The molecule has 0 spiro atoms. The first-order valence-corrected chi connectivity index (χ1v) is 4.13. The van der Waals surface area contributed by atoms with Gasteiger partial charge in [0, 0.05) is 18.1 Å². The topological polar surface area (TPSA) is 62.2 Å². The highest BCUT2D eigenvalue weighted by atomic mass is 16.4. The molecule has 0 aliphatic rings. The summed E-state index contributed by atoms with van der Waals surface area (Å²) < 4.78 is 0. The van der Waals surface area contributed by atoms with Crippen LogP contribution in [0.1, 0.15) is 13.3 Å². The van der Waals surface area contributed by atoms with E-state index in [2.05, 4.69) is 10.3 Å². The molecule has 0 amide bonds. The minimum atomic E-state index is -0.834. The SMILES string of the molecule is CC[C@H](Nc1ccncc1)C(=O)O. The lowest BCUT2D eigenvalue weighted by atomic mass is 10.2.